The fourth-order valence-electron chi connectivity index (χ4n) is 2.38. The van der Waals surface area contributed by atoms with Gasteiger partial charge in [0.15, 0.2) is 5.82 Å². The summed E-state index contributed by atoms with van der Waals surface area (Å²) in [5, 5.41) is 8.11. The molecule has 6 heteroatoms. The number of aromatic nitrogens is 5. The zero-order chi connectivity index (χ0) is 13.2. The number of hydrogen-bond acceptors (Lipinski definition) is 4. The minimum atomic E-state index is 0.396. The van der Waals surface area contributed by atoms with E-state index in [1.165, 1.54) is 0 Å². The fraction of sp³-hybridized carbons (Fsp3) is 0.615. The monoisotopic (exact) mass is 260 g/mol. The van der Waals surface area contributed by atoms with Gasteiger partial charge in [-0.3, -0.25) is 0 Å². The smallest absolute Gasteiger partial charge is 0.153 e. The maximum atomic E-state index is 4.60. The quantitative estimate of drug-likeness (QED) is 0.867. The number of fused-ring (bicyclic) bond motifs is 1. The molecule has 2 aromatic heterocycles. The molecule has 0 saturated heterocycles. The maximum Gasteiger partial charge on any atom is 0.153 e. The largest absolute Gasteiger partial charge is 0.348 e. The zero-order valence-corrected chi connectivity index (χ0v) is 11.4. The summed E-state index contributed by atoms with van der Waals surface area (Å²) in [4.78, 5) is 11.9. The number of imidazole rings is 1. The van der Waals surface area contributed by atoms with Crippen LogP contribution in [0.1, 0.15) is 43.7 Å². The molecule has 6 nitrogen and oxygen atoms in total. The van der Waals surface area contributed by atoms with E-state index in [2.05, 4.69) is 43.9 Å². The number of nitrogens with one attached hydrogen (secondary N) is 2. The molecule has 0 amide bonds. The summed E-state index contributed by atoms with van der Waals surface area (Å²) in [5.41, 5.74) is 0. The van der Waals surface area contributed by atoms with Crippen LogP contribution in [0.4, 0.5) is 0 Å². The molecule has 102 valence electrons. The van der Waals surface area contributed by atoms with E-state index in [1.807, 2.05) is 6.20 Å². The van der Waals surface area contributed by atoms with Crippen molar-refractivity contribution >= 4 is 0 Å². The van der Waals surface area contributed by atoms with Gasteiger partial charge in [-0.1, -0.05) is 13.8 Å². The summed E-state index contributed by atoms with van der Waals surface area (Å²) < 4.78 is 2.05. The van der Waals surface area contributed by atoms with Gasteiger partial charge in [0.1, 0.15) is 11.6 Å². The summed E-state index contributed by atoms with van der Waals surface area (Å²) in [6, 6.07) is 0.444. The third kappa shape index (κ3) is 2.68. The topological polar surface area (TPSA) is 71.4 Å². The molecule has 3 heterocycles. The average Bonchev–Trinajstić information content (AvgIpc) is 3.04. The lowest BCUT2D eigenvalue weighted by atomic mass is 10.1. The van der Waals surface area contributed by atoms with Gasteiger partial charge in [0.05, 0.1) is 13.1 Å². The Morgan fingerprint density at radius 1 is 1.53 bits per heavy atom. The molecule has 0 fully saturated rings. The number of hydrogen-bond donors (Lipinski definition) is 2. The van der Waals surface area contributed by atoms with Crippen LogP contribution in [0.3, 0.4) is 0 Å². The summed E-state index contributed by atoms with van der Waals surface area (Å²) in [6.07, 6.45) is 5.73. The highest BCUT2D eigenvalue weighted by molar-refractivity contribution is 5.01. The van der Waals surface area contributed by atoms with E-state index in [9.17, 15) is 0 Å². The van der Waals surface area contributed by atoms with Gasteiger partial charge in [0.25, 0.3) is 0 Å². The Morgan fingerprint density at radius 2 is 2.42 bits per heavy atom. The molecule has 2 aromatic rings. The van der Waals surface area contributed by atoms with Crippen molar-refractivity contribution in [3.8, 4) is 0 Å². The molecule has 1 aliphatic rings. The Labute approximate surface area is 112 Å². The first-order valence-corrected chi connectivity index (χ1v) is 6.87. The first kappa shape index (κ1) is 12.3. The first-order valence-electron chi connectivity index (χ1n) is 6.87. The van der Waals surface area contributed by atoms with Gasteiger partial charge in [-0.25, -0.2) is 14.6 Å². The van der Waals surface area contributed by atoms with Gasteiger partial charge in [0.2, 0.25) is 0 Å². The molecule has 2 N–H and O–H groups in total. The lowest BCUT2D eigenvalue weighted by molar-refractivity contribution is 0.355. The fourth-order valence-corrected chi connectivity index (χ4v) is 2.38. The predicted octanol–water partition coefficient (Wildman–Crippen LogP) is 1.23. The lowest BCUT2D eigenvalue weighted by Crippen LogP contribution is -2.37. The van der Waals surface area contributed by atoms with E-state index in [0.717, 1.165) is 43.4 Å². The molecule has 0 saturated carbocycles. The van der Waals surface area contributed by atoms with Crippen molar-refractivity contribution in [1.82, 2.24) is 30.0 Å². The second-order valence-corrected chi connectivity index (χ2v) is 5.38. The third-order valence-corrected chi connectivity index (χ3v) is 3.50. The number of aromatic amines is 1. The summed E-state index contributed by atoms with van der Waals surface area (Å²) >= 11 is 0. The van der Waals surface area contributed by atoms with Gasteiger partial charge in [-0.05, 0) is 6.42 Å². The van der Waals surface area contributed by atoms with Crippen LogP contribution in [0.5, 0.6) is 0 Å². The average molecular weight is 260 g/mol. The Morgan fingerprint density at radius 3 is 3.16 bits per heavy atom. The minimum Gasteiger partial charge on any atom is -0.348 e. The molecule has 19 heavy (non-hydrogen) atoms. The van der Waals surface area contributed by atoms with Gasteiger partial charge in [-0.2, -0.15) is 5.10 Å². The van der Waals surface area contributed by atoms with Crippen LogP contribution < -0.4 is 5.32 Å². The van der Waals surface area contributed by atoms with Crippen LogP contribution in [0, 0.1) is 0 Å². The van der Waals surface area contributed by atoms with Crippen molar-refractivity contribution in [2.75, 3.05) is 0 Å². The Balaban J connectivity index is 1.62. The highest BCUT2D eigenvalue weighted by Gasteiger charge is 2.22. The van der Waals surface area contributed by atoms with Gasteiger partial charge in [-0.15, -0.1) is 0 Å². The second-order valence-electron chi connectivity index (χ2n) is 5.38. The van der Waals surface area contributed by atoms with Crippen molar-refractivity contribution in [2.24, 2.45) is 0 Å². The molecule has 0 bridgehead atoms. The molecule has 1 atom stereocenters. The molecule has 0 spiro atoms. The van der Waals surface area contributed by atoms with Crippen molar-refractivity contribution in [3.63, 3.8) is 0 Å². The van der Waals surface area contributed by atoms with Crippen LogP contribution in [-0.4, -0.2) is 30.8 Å². The normalized spacial score (nSPS) is 18.8. The van der Waals surface area contributed by atoms with E-state index in [-0.39, 0.29) is 0 Å². The Hall–Kier alpha value is -1.69. The number of rotatable bonds is 4. The zero-order valence-electron chi connectivity index (χ0n) is 11.4. The lowest BCUT2D eigenvalue weighted by Gasteiger charge is -2.23. The minimum absolute atomic E-state index is 0.396. The molecule has 3 rings (SSSR count). The first-order chi connectivity index (χ1) is 9.22. The summed E-state index contributed by atoms with van der Waals surface area (Å²) in [5.74, 6) is 3.46. The molecule has 1 aliphatic heterocycles. The number of H-pyrrole nitrogens is 1. The van der Waals surface area contributed by atoms with Gasteiger partial charge >= 0.3 is 0 Å². The van der Waals surface area contributed by atoms with E-state index >= 15 is 0 Å². The molecular weight excluding hydrogens is 240 g/mol. The Kier molecular flexibility index (Phi) is 3.33. The van der Waals surface area contributed by atoms with E-state index in [1.54, 1.807) is 6.20 Å². The molecular formula is C13H20N6. The second kappa shape index (κ2) is 5.13. The van der Waals surface area contributed by atoms with E-state index in [0.29, 0.717) is 12.0 Å². The van der Waals surface area contributed by atoms with Crippen molar-refractivity contribution in [2.45, 2.75) is 51.7 Å². The highest BCUT2D eigenvalue weighted by Crippen LogP contribution is 2.17. The Bertz CT molecular complexity index is 527. The van der Waals surface area contributed by atoms with Crippen molar-refractivity contribution in [3.05, 3.63) is 29.9 Å². The standard InChI is InChI=1S/C13H20N6/c1-9(2)13-17-12-4-3-10(8-19(12)18-13)16-7-11-14-5-6-15-11/h5-6,9-10,16H,3-4,7-8H2,1-2H3,(H,14,15). The van der Waals surface area contributed by atoms with Gasteiger partial charge < -0.3 is 10.3 Å². The van der Waals surface area contributed by atoms with Crippen LogP contribution >= 0.6 is 0 Å². The predicted molar refractivity (Wildman–Crippen MR) is 71.6 cm³/mol. The van der Waals surface area contributed by atoms with Crippen LogP contribution in [0.2, 0.25) is 0 Å². The third-order valence-electron chi connectivity index (χ3n) is 3.50. The maximum absolute atomic E-state index is 4.60. The van der Waals surface area contributed by atoms with Crippen molar-refractivity contribution < 1.29 is 0 Å². The molecule has 0 radical (unpaired) electrons. The number of aryl methyl sites for hydroxylation is 1. The van der Waals surface area contributed by atoms with E-state index < -0.39 is 0 Å². The van der Waals surface area contributed by atoms with Crippen LogP contribution in [0.25, 0.3) is 0 Å². The SMILES string of the molecule is CC(C)c1nc2n(n1)CC(NCc1ncc[nH]1)CC2. The van der Waals surface area contributed by atoms with Crippen LogP contribution in [0.15, 0.2) is 12.4 Å². The van der Waals surface area contributed by atoms with E-state index in [4.69, 9.17) is 0 Å². The molecule has 0 aliphatic carbocycles. The summed E-state index contributed by atoms with van der Waals surface area (Å²) in [7, 11) is 0. The summed E-state index contributed by atoms with van der Waals surface area (Å²) in [6.45, 7) is 5.94. The van der Waals surface area contributed by atoms with Gasteiger partial charge in [0, 0.05) is 30.8 Å². The van der Waals surface area contributed by atoms with Crippen LogP contribution in [-0.2, 0) is 19.5 Å². The van der Waals surface area contributed by atoms with Crippen molar-refractivity contribution in [1.29, 1.82) is 0 Å². The molecule has 1 unspecified atom stereocenters. The molecule has 0 aromatic carbocycles. The highest BCUT2D eigenvalue weighted by atomic mass is 15.4. The number of nitrogens with zero attached hydrogens (tertiary/aromatic N) is 4.